The fraction of sp³-hybridized carbons (Fsp3) is 1.00. The van der Waals surface area contributed by atoms with E-state index in [-0.39, 0.29) is 0 Å². The second kappa shape index (κ2) is 4.60. The van der Waals surface area contributed by atoms with Crippen LogP contribution in [0.5, 0.6) is 0 Å². The van der Waals surface area contributed by atoms with Gasteiger partial charge < -0.3 is 10.1 Å². The summed E-state index contributed by atoms with van der Waals surface area (Å²) in [7, 11) is 1.77. The summed E-state index contributed by atoms with van der Waals surface area (Å²) in [4.78, 5) is 2.64. The van der Waals surface area contributed by atoms with Crippen LogP contribution in [-0.4, -0.2) is 49.8 Å². The minimum absolute atomic E-state index is 0.490. The number of nitrogens with one attached hydrogen (secondary N) is 1. The lowest BCUT2D eigenvalue weighted by Crippen LogP contribution is -2.40. The third-order valence-corrected chi connectivity index (χ3v) is 3.22. The lowest BCUT2D eigenvalue weighted by molar-refractivity contribution is 0.166. The van der Waals surface area contributed by atoms with E-state index in [1.807, 2.05) is 0 Å². The van der Waals surface area contributed by atoms with Gasteiger partial charge in [0, 0.05) is 38.3 Å². The second-order valence-electron chi connectivity index (χ2n) is 4.73. The highest BCUT2D eigenvalue weighted by molar-refractivity contribution is 4.92. The number of hydrogen-bond donors (Lipinski definition) is 1. The van der Waals surface area contributed by atoms with E-state index < -0.39 is 0 Å². The number of methoxy groups -OCH3 is 1. The van der Waals surface area contributed by atoms with Crippen LogP contribution in [-0.2, 0) is 4.74 Å². The normalized spacial score (nSPS) is 30.9. The Hall–Kier alpha value is -0.120. The number of likely N-dealkylation sites (tertiary alicyclic amines) is 1. The standard InChI is InChI=1S/C11H22N2O/c1-9(8-14-2)12-10-5-6-13(7-10)11-3-4-11/h9-12H,3-8H2,1-2H3. The Bertz CT molecular complexity index is 182. The first-order valence-electron chi connectivity index (χ1n) is 5.78. The van der Waals surface area contributed by atoms with Gasteiger partial charge in [-0.15, -0.1) is 0 Å². The molecule has 82 valence electrons. The predicted molar refractivity (Wildman–Crippen MR) is 57.5 cm³/mol. The predicted octanol–water partition coefficient (Wildman–Crippen LogP) is 0.848. The van der Waals surface area contributed by atoms with Crippen molar-refractivity contribution < 1.29 is 4.74 Å². The molecule has 0 aromatic carbocycles. The molecule has 2 unspecified atom stereocenters. The molecule has 1 saturated carbocycles. The van der Waals surface area contributed by atoms with Gasteiger partial charge in [0.05, 0.1) is 6.61 Å². The van der Waals surface area contributed by atoms with E-state index in [9.17, 15) is 0 Å². The largest absolute Gasteiger partial charge is 0.383 e. The van der Waals surface area contributed by atoms with E-state index in [1.165, 1.54) is 32.4 Å². The number of hydrogen-bond acceptors (Lipinski definition) is 3. The summed E-state index contributed by atoms with van der Waals surface area (Å²) in [5.74, 6) is 0. The van der Waals surface area contributed by atoms with Gasteiger partial charge in [-0.2, -0.15) is 0 Å². The Morgan fingerprint density at radius 3 is 2.86 bits per heavy atom. The van der Waals surface area contributed by atoms with Gasteiger partial charge in [0.15, 0.2) is 0 Å². The molecule has 0 aromatic heterocycles. The maximum atomic E-state index is 5.12. The maximum absolute atomic E-state index is 5.12. The fourth-order valence-electron chi connectivity index (χ4n) is 2.40. The zero-order valence-electron chi connectivity index (χ0n) is 9.33. The lowest BCUT2D eigenvalue weighted by Gasteiger charge is -2.19. The third-order valence-electron chi connectivity index (χ3n) is 3.22. The van der Waals surface area contributed by atoms with Crippen molar-refractivity contribution in [2.24, 2.45) is 0 Å². The molecular weight excluding hydrogens is 176 g/mol. The smallest absolute Gasteiger partial charge is 0.0613 e. The molecule has 3 nitrogen and oxygen atoms in total. The first kappa shape index (κ1) is 10.4. The van der Waals surface area contributed by atoms with Gasteiger partial charge >= 0.3 is 0 Å². The van der Waals surface area contributed by atoms with Crippen LogP contribution in [0.2, 0.25) is 0 Å². The SMILES string of the molecule is COCC(C)NC1CCN(C2CC2)C1. The third kappa shape index (κ3) is 2.69. The number of ether oxygens (including phenoxy) is 1. The van der Waals surface area contributed by atoms with Crippen molar-refractivity contribution in [3.63, 3.8) is 0 Å². The first-order chi connectivity index (χ1) is 6.79. The van der Waals surface area contributed by atoms with Crippen molar-refractivity contribution in [1.82, 2.24) is 10.2 Å². The highest BCUT2D eigenvalue weighted by atomic mass is 16.5. The molecule has 2 fully saturated rings. The molecule has 1 saturated heterocycles. The topological polar surface area (TPSA) is 24.5 Å². The molecule has 14 heavy (non-hydrogen) atoms. The van der Waals surface area contributed by atoms with Gasteiger partial charge in [-0.1, -0.05) is 0 Å². The van der Waals surface area contributed by atoms with Gasteiger partial charge in [-0.05, 0) is 26.2 Å². The van der Waals surface area contributed by atoms with Gasteiger partial charge in [0.1, 0.15) is 0 Å². The van der Waals surface area contributed by atoms with E-state index in [2.05, 4.69) is 17.1 Å². The quantitative estimate of drug-likeness (QED) is 0.709. The number of nitrogens with zero attached hydrogens (tertiary/aromatic N) is 1. The van der Waals surface area contributed by atoms with Crippen LogP contribution in [0.25, 0.3) is 0 Å². The molecule has 2 aliphatic rings. The number of rotatable bonds is 5. The van der Waals surface area contributed by atoms with E-state index in [1.54, 1.807) is 7.11 Å². The molecule has 1 aliphatic carbocycles. The van der Waals surface area contributed by atoms with Crippen molar-refractivity contribution in [2.75, 3.05) is 26.8 Å². The van der Waals surface area contributed by atoms with Crippen molar-refractivity contribution in [3.8, 4) is 0 Å². The molecule has 1 heterocycles. The summed E-state index contributed by atoms with van der Waals surface area (Å²) in [5.41, 5.74) is 0. The molecule has 0 spiro atoms. The Morgan fingerprint density at radius 1 is 1.43 bits per heavy atom. The summed E-state index contributed by atoms with van der Waals surface area (Å²) in [5, 5.41) is 3.63. The molecule has 1 aliphatic heterocycles. The molecule has 0 radical (unpaired) electrons. The zero-order valence-corrected chi connectivity index (χ0v) is 9.33. The molecular formula is C11H22N2O. The first-order valence-corrected chi connectivity index (χ1v) is 5.78. The van der Waals surface area contributed by atoms with Crippen LogP contribution in [0.1, 0.15) is 26.2 Å². The minimum Gasteiger partial charge on any atom is -0.383 e. The van der Waals surface area contributed by atoms with Crippen LogP contribution >= 0.6 is 0 Å². The maximum Gasteiger partial charge on any atom is 0.0613 e. The molecule has 1 N–H and O–H groups in total. The molecule has 0 aromatic rings. The van der Waals surface area contributed by atoms with Crippen LogP contribution in [0.15, 0.2) is 0 Å². The highest BCUT2D eigenvalue weighted by Crippen LogP contribution is 2.29. The Balaban J connectivity index is 1.67. The van der Waals surface area contributed by atoms with E-state index >= 15 is 0 Å². The summed E-state index contributed by atoms with van der Waals surface area (Å²) >= 11 is 0. The molecule has 3 heteroatoms. The van der Waals surface area contributed by atoms with E-state index in [0.29, 0.717) is 12.1 Å². The van der Waals surface area contributed by atoms with Crippen LogP contribution < -0.4 is 5.32 Å². The van der Waals surface area contributed by atoms with Crippen molar-refractivity contribution in [1.29, 1.82) is 0 Å². The van der Waals surface area contributed by atoms with Crippen molar-refractivity contribution >= 4 is 0 Å². The highest BCUT2D eigenvalue weighted by Gasteiger charge is 2.34. The molecule has 2 atom stereocenters. The Labute approximate surface area is 86.8 Å². The Morgan fingerprint density at radius 2 is 2.21 bits per heavy atom. The average Bonchev–Trinajstić information content (AvgIpc) is 2.89. The average molecular weight is 198 g/mol. The molecule has 0 bridgehead atoms. The van der Waals surface area contributed by atoms with Gasteiger partial charge in [-0.25, -0.2) is 0 Å². The van der Waals surface area contributed by atoms with Gasteiger partial charge in [0.2, 0.25) is 0 Å². The second-order valence-corrected chi connectivity index (χ2v) is 4.73. The fourth-order valence-corrected chi connectivity index (χ4v) is 2.40. The summed E-state index contributed by atoms with van der Waals surface area (Å²) in [6.07, 6.45) is 4.17. The van der Waals surface area contributed by atoms with Gasteiger partial charge in [-0.3, -0.25) is 4.90 Å². The summed E-state index contributed by atoms with van der Waals surface area (Å²) in [6, 6.07) is 2.12. The Kier molecular flexibility index (Phi) is 3.42. The molecule has 2 rings (SSSR count). The lowest BCUT2D eigenvalue weighted by atomic mass is 10.2. The van der Waals surface area contributed by atoms with Crippen LogP contribution in [0, 0.1) is 0 Å². The minimum atomic E-state index is 0.490. The van der Waals surface area contributed by atoms with Crippen LogP contribution in [0.4, 0.5) is 0 Å². The van der Waals surface area contributed by atoms with E-state index in [4.69, 9.17) is 4.74 Å². The zero-order chi connectivity index (χ0) is 9.97. The monoisotopic (exact) mass is 198 g/mol. The van der Waals surface area contributed by atoms with Gasteiger partial charge in [0.25, 0.3) is 0 Å². The summed E-state index contributed by atoms with van der Waals surface area (Å²) in [6.45, 7) is 5.56. The van der Waals surface area contributed by atoms with E-state index in [0.717, 1.165) is 12.6 Å². The summed E-state index contributed by atoms with van der Waals surface area (Å²) < 4.78 is 5.12. The van der Waals surface area contributed by atoms with Crippen LogP contribution in [0.3, 0.4) is 0 Å². The van der Waals surface area contributed by atoms with Crippen molar-refractivity contribution in [2.45, 2.75) is 44.3 Å². The molecule has 0 amide bonds. The van der Waals surface area contributed by atoms with Crippen molar-refractivity contribution in [3.05, 3.63) is 0 Å².